The predicted octanol–water partition coefficient (Wildman–Crippen LogP) is 4.35. The summed E-state index contributed by atoms with van der Waals surface area (Å²) in [6, 6.07) is 10.6. The Morgan fingerprint density at radius 3 is 2.54 bits per heavy atom. The van der Waals surface area contributed by atoms with Crippen molar-refractivity contribution in [1.82, 2.24) is 10.5 Å². The number of carbonyl (C=O) groups is 1. The van der Waals surface area contributed by atoms with Crippen LogP contribution in [0.3, 0.4) is 0 Å². The molecule has 1 aromatic heterocycles. The Labute approximate surface area is 143 Å². The molecule has 0 unspecified atom stereocenters. The number of rotatable bonds is 5. The van der Waals surface area contributed by atoms with Crippen molar-refractivity contribution in [2.45, 2.75) is 57.8 Å². The minimum atomic E-state index is -0.0698. The summed E-state index contributed by atoms with van der Waals surface area (Å²) in [6.07, 6.45) is 4.68. The van der Waals surface area contributed by atoms with E-state index < -0.39 is 0 Å². The van der Waals surface area contributed by atoms with Crippen molar-refractivity contribution in [1.29, 1.82) is 0 Å². The Morgan fingerprint density at radius 1 is 1.25 bits per heavy atom. The summed E-state index contributed by atoms with van der Waals surface area (Å²) in [5, 5.41) is 7.14. The van der Waals surface area contributed by atoms with Gasteiger partial charge in [-0.3, -0.25) is 4.79 Å². The zero-order valence-corrected chi connectivity index (χ0v) is 14.8. The van der Waals surface area contributed by atoms with Crippen LogP contribution in [0.4, 0.5) is 0 Å². The quantitative estimate of drug-likeness (QED) is 0.889. The fraction of sp³-hybridized carbons (Fsp3) is 0.500. The molecule has 0 aliphatic heterocycles. The number of nitrogens with one attached hydrogen (secondary N) is 1. The van der Waals surface area contributed by atoms with E-state index in [1.54, 1.807) is 0 Å². The van der Waals surface area contributed by atoms with E-state index in [0.29, 0.717) is 23.6 Å². The summed E-state index contributed by atoms with van der Waals surface area (Å²) in [5.41, 5.74) is 2.65. The van der Waals surface area contributed by atoms with Gasteiger partial charge in [0.1, 0.15) is 5.56 Å². The number of amides is 1. The van der Waals surface area contributed by atoms with Gasteiger partial charge in [-0.15, -0.1) is 0 Å². The molecule has 4 nitrogen and oxygen atoms in total. The standard InChI is InChI=1S/C20H26N2O2/c1-14(2)18-17(15(3)22-24-18)19(23)21-13-20(11-7-8-12-20)16-9-5-4-6-10-16/h4-6,9-10,14H,7-8,11-13H2,1-3H3,(H,21,23). The van der Waals surface area contributed by atoms with Crippen LogP contribution in [0.25, 0.3) is 0 Å². The molecule has 24 heavy (non-hydrogen) atoms. The monoisotopic (exact) mass is 326 g/mol. The van der Waals surface area contributed by atoms with Crippen LogP contribution in [-0.2, 0) is 5.41 Å². The lowest BCUT2D eigenvalue weighted by Crippen LogP contribution is -2.39. The summed E-state index contributed by atoms with van der Waals surface area (Å²) in [7, 11) is 0. The molecular weight excluding hydrogens is 300 g/mol. The molecule has 1 aliphatic rings. The Bertz CT molecular complexity index is 698. The van der Waals surface area contributed by atoms with Gasteiger partial charge in [-0.05, 0) is 25.3 Å². The number of nitrogens with zero attached hydrogens (tertiary/aromatic N) is 1. The van der Waals surface area contributed by atoms with Crippen LogP contribution < -0.4 is 5.32 Å². The van der Waals surface area contributed by atoms with Crippen LogP contribution in [0.15, 0.2) is 34.9 Å². The third kappa shape index (κ3) is 3.10. The van der Waals surface area contributed by atoms with E-state index in [0.717, 1.165) is 12.8 Å². The molecule has 1 amide bonds. The summed E-state index contributed by atoms with van der Waals surface area (Å²) in [4.78, 5) is 12.8. The first kappa shape index (κ1) is 16.7. The number of aryl methyl sites for hydroxylation is 1. The molecule has 1 saturated carbocycles. The molecule has 0 atom stereocenters. The molecular formula is C20H26N2O2. The second-order valence-electron chi connectivity index (χ2n) is 7.20. The third-order valence-electron chi connectivity index (χ3n) is 5.17. The smallest absolute Gasteiger partial charge is 0.256 e. The van der Waals surface area contributed by atoms with Gasteiger partial charge in [0.25, 0.3) is 5.91 Å². The van der Waals surface area contributed by atoms with Crippen LogP contribution in [0.5, 0.6) is 0 Å². The Morgan fingerprint density at radius 2 is 1.92 bits per heavy atom. The maximum atomic E-state index is 12.8. The van der Waals surface area contributed by atoms with Gasteiger partial charge in [-0.1, -0.05) is 62.2 Å². The van der Waals surface area contributed by atoms with Gasteiger partial charge in [0.05, 0.1) is 5.69 Å². The van der Waals surface area contributed by atoms with Crippen molar-refractivity contribution >= 4 is 5.91 Å². The highest BCUT2D eigenvalue weighted by atomic mass is 16.5. The highest BCUT2D eigenvalue weighted by Crippen LogP contribution is 2.40. The minimum absolute atomic E-state index is 0.0555. The number of carbonyl (C=O) groups excluding carboxylic acids is 1. The van der Waals surface area contributed by atoms with Crippen LogP contribution in [-0.4, -0.2) is 17.6 Å². The average Bonchev–Trinajstić information content (AvgIpc) is 3.21. The topological polar surface area (TPSA) is 55.1 Å². The molecule has 2 aromatic rings. The van der Waals surface area contributed by atoms with E-state index in [1.165, 1.54) is 18.4 Å². The fourth-order valence-corrected chi connectivity index (χ4v) is 3.81. The summed E-state index contributed by atoms with van der Waals surface area (Å²) < 4.78 is 5.35. The summed E-state index contributed by atoms with van der Waals surface area (Å²) in [6.45, 7) is 6.52. The van der Waals surface area contributed by atoms with Crippen molar-refractivity contribution < 1.29 is 9.32 Å². The Kier molecular flexibility index (Phi) is 4.74. The van der Waals surface area contributed by atoms with Crippen LogP contribution >= 0.6 is 0 Å². The molecule has 4 heteroatoms. The number of benzene rings is 1. The van der Waals surface area contributed by atoms with E-state index in [9.17, 15) is 4.79 Å². The van der Waals surface area contributed by atoms with E-state index in [4.69, 9.17) is 4.52 Å². The number of aromatic nitrogens is 1. The van der Waals surface area contributed by atoms with Gasteiger partial charge in [0, 0.05) is 17.9 Å². The van der Waals surface area contributed by atoms with E-state index >= 15 is 0 Å². The van der Waals surface area contributed by atoms with Gasteiger partial charge >= 0.3 is 0 Å². The molecule has 1 aliphatic carbocycles. The van der Waals surface area contributed by atoms with E-state index in [1.807, 2.05) is 26.8 Å². The second-order valence-corrected chi connectivity index (χ2v) is 7.20. The largest absolute Gasteiger partial charge is 0.360 e. The lowest BCUT2D eigenvalue weighted by atomic mass is 9.79. The highest BCUT2D eigenvalue weighted by Gasteiger charge is 2.36. The second kappa shape index (κ2) is 6.80. The predicted molar refractivity (Wildman–Crippen MR) is 94.3 cm³/mol. The molecule has 0 spiro atoms. The van der Waals surface area contributed by atoms with Crippen molar-refractivity contribution in [3.05, 3.63) is 52.9 Å². The molecule has 1 N–H and O–H groups in total. The SMILES string of the molecule is Cc1noc(C(C)C)c1C(=O)NCC1(c2ccccc2)CCCC1. The molecule has 0 saturated heterocycles. The van der Waals surface area contributed by atoms with Crippen LogP contribution in [0.2, 0.25) is 0 Å². The first-order valence-electron chi connectivity index (χ1n) is 8.83. The number of hydrogen-bond acceptors (Lipinski definition) is 3. The molecule has 128 valence electrons. The van der Waals surface area contributed by atoms with Crippen LogP contribution in [0, 0.1) is 6.92 Å². The first-order chi connectivity index (χ1) is 11.5. The van der Waals surface area contributed by atoms with Gasteiger partial charge in [-0.2, -0.15) is 0 Å². The van der Waals surface area contributed by atoms with Crippen molar-refractivity contribution in [2.75, 3.05) is 6.54 Å². The van der Waals surface area contributed by atoms with Crippen molar-refractivity contribution in [3.63, 3.8) is 0 Å². The highest BCUT2D eigenvalue weighted by molar-refractivity contribution is 5.96. The van der Waals surface area contributed by atoms with Crippen molar-refractivity contribution in [3.8, 4) is 0 Å². The first-order valence-corrected chi connectivity index (χ1v) is 8.83. The van der Waals surface area contributed by atoms with E-state index in [-0.39, 0.29) is 17.2 Å². The Hall–Kier alpha value is -2.10. The molecule has 1 fully saturated rings. The maximum Gasteiger partial charge on any atom is 0.256 e. The van der Waals surface area contributed by atoms with Gasteiger partial charge in [0.15, 0.2) is 5.76 Å². The summed E-state index contributed by atoms with van der Waals surface area (Å²) >= 11 is 0. The zero-order valence-electron chi connectivity index (χ0n) is 14.8. The fourth-order valence-electron chi connectivity index (χ4n) is 3.81. The van der Waals surface area contributed by atoms with Crippen LogP contribution in [0.1, 0.15) is 72.8 Å². The maximum absolute atomic E-state index is 12.8. The lowest BCUT2D eigenvalue weighted by molar-refractivity contribution is 0.0940. The summed E-state index contributed by atoms with van der Waals surface area (Å²) in [5.74, 6) is 0.742. The van der Waals surface area contributed by atoms with Crippen molar-refractivity contribution in [2.24, 2.45) is 0 Å². The van der Waals surface area contributed by atoms with Gasteiger partial charge < -0.3 is 9.84 Å². The average molecular weight is 326 g/mol. The number of hydrogen-bond donors (Lipinski definition) is 1. The molecule has 0 bridgehead atoms. The lowest BCUT2D eigenvalue weighted by Gasteiger charge is -2.30. The third-order valence-corrected chi connectivity index (χ3v) is 5.17. The molecule has 3 rings (SSSR count). The Balaban J connectivity index is 1.79. The normalized spacial score (nSPS) is 16.5. The zero-order chi connectivity index (χ0) is 17.2. The molecule has 1 aromatic carbocycles. The molecule has 0 radical (unpaired) electrons. The minimum Gasteiger partial charge on any atom is -0.360 e. The van der Waals surface area contributed by atoms with Gasteiger partial charge in [-0.25, -0.2) is 0 Å². The van der Waals surface area contributed by atoms with E-state index in [2.05, 4.69) is 34.7 Å². The molecule has 1 heterocycles. The van der Waals surface area contributed by atoms with Gasteiger partial charge in [0.2, 0.25) is 0 Å².